The quantitative estimate of drug-likeness (QED) is 0.375. The second-order valence-corrected chi connectivity index (χ2v) is 7.62. The number of benzene rings is 2. The van der Waals surface area contributed by atoms with Gasteiger partial charge in [0.15, 0.2) is 18.1 Å². The Kier molecular flexibility index (Phi) is 6.96. The Morgan fingerprint density at radius 1 is 1.21 bits per heavy atom. The normalized spacial score (nSPS) is 11.0. The van der Waals surface area contributed by atoms with E-state index in [9.17, 15) is 23.3 Å². The van der Waals surface area contributed by atoms with Crippen LogP contribution in [0.25, 0.3) is 0 Å². The van der Waals surface area contributed by atoms with Crippen molar-refractivity contribution in [1.29, 1.82) is 0 Å². The molecule has 0 bridgehead atoms. The summed E-state index contributed by atoms with van der Waals surface area (Å²) in [5.41, 5.74) is 5.52. The number of amides is 1. The minimum absolute atomic E-state index is 0.151. The number of carbonyl (C=O) groups is 1. The predicted molar refractivity (Wildman–Crippen MR) is 104 cm³/mol. The Labute approximate surface area is 167 Å². The van der Waals surface area contributed by atoms with Gasteiger partial charge in [-0.25, -0.2) is 13.1 Å². The summed E-state index contributed by atoms with van der Waals surface area (Å²) in [7, 11) is -1.16. The largest absolute Gasteiger partial charge is 0.493 e. The van der Waals surface area contributed by atoms with Gasteiger partial charge >= 0.3 is 0 Å². The first-order valence-corrected chi connectivity index (χ1v) is 9.70. The fraction of sp³-hybridized carbons (Fsp3) is 0.235. The van der Waals surface area contributed by atoms with Crippen molar-refractivity contribution in [3.63, 3.8) is 0 Å². The summed E-state index contributed by atoms with van der Waals surface area (Å²) in [5, 5.41) is 14.2. The van der Waals surface area contributed by atoms with Crippen molar-refractivity contribution in [3.8, 4) is 11.5 Å². The summed E-state index contributed by atoms with van der Waals surface area (Å²) in [4.78, 5) is 21.3. The lowest BCUT2D eigenvalue weighted by molar-refractivity contribution is -0.384. The highest BCUT2D eigenvalue weighted by molar-refractivity contribution is 7.89. The van der Waals surface area contributed by atoms with E-state index in [4.69, 9.17) is 15.2 Å². The van der Waals surface area contributed by atoms with Crippen LogP contribution in [0.5, 0.6) is 11.5 Å². The lowest BCUT2D eigenvalue weighted by Crippen LogP contribution is -2.20. The van der Waals surface area contributed by atoms with Gasteiger partial charge in [0.2, 0.25) is 10.0 Å². The van der Waals surface area contributed by atoms with Crippen LogP contribution in [-0.2, 0) is 21.4 Å². The van der Waals surface area contributed by atoms with Gasteiger partial charge in [0.25, 0.3) is 11.6 Å². The molecule has 0 spiro atoms. The van der Waals surface area contributed by atoms with Crippen LogP contribution in [0, 0.1) is 10.1 Å². The molecule has 2 aromatic rings. The van der Waals surface area contributed by atoms with E-state index in [0.29, 0.717) is 17.1 Å². The van der Waals surface area contributed by atoms with Crippen LogP contribution in [0.4, 0.5) is 11.4 Å². The molecule has 2 rings (SSSR count). The summed E-state index contributed by atoms with van der Waals surface area (Å²) >= 11 is 0. The third kappa shape index (κ3) is 5.56. The van der Waals surface area contributed by atoms with E-state index in [1.54, 1.807) is 18.2 Å². The molecule has 0 aliphatic heterocycles. The molecule has 0 fully saturated rings. The van der Waals surface area contributed by atoms with Crippen LogP contribution >= 0.6 is 0 Å². The number of carbonyl (C=O) groups excluding carboxylic acids is 1. The van der Waals surface area contributed by atoms with Gasteiger partial charge in [0.05, 0.1) is 16.9 Å². The van der Waals surface area contributed by atoms with Gasteiger partial charge < -0.3 is 20.5 Å². The molecule has 0 heterocycles. The van der Waals surface area contributed by atoms with Gasteiger partial charge in [-0.3, -0.25) is 14.9 Å². The second kappa shape index (κ2) is 9.21. The summed E-state index contributed by atoms with van der Waals surface area (Å²) in [6, 6.07) is 8.46. The van der Waals surface area contributed by atoms with E-state index in [1.165, 1.54) is 26.3 Å². The molecule has 11 nitrogen and oxygen atoms in total. The third-order valence-electron chi connectivity index (χ3n) is 3.83. The number of rotatable bonds is 10. The van der Waals surface area contributed by atoms with Gasteiger partial charge in [-0.1, -0.05) is 6.07 Å². The zero-order valence-corrected chi connectivity index (χ0v) is 16.5. The van der Waals surface area contributed by atoms with Crippen LogP contribution in [0.1, 0.15) is 5.56 Å². The molecule has 0 aliphatic rings. The summed E-state index contributed by atoms with van der Waals surface area (Å²) in [6.45, 7) is -0.118. The highest BCUT2D eigenvalue weighted by Gasteiger charge is 2.20. The fourth-order valence-corrected chi connectivity index (χ4v) is 3.13. The first-order valence-electron chi connectivity index (χ1n) is 8.22. The molecule has 29 heavy (non-hydrogen) atoms. The third-order valence-corrected chi connectivity index (χ3v) is 5.24. The number of hydrogen-bond acceptors (Lipinski definition) is 8. The molecule has 0 aliphatic carbocycles. The van der Waals surface area contributed by atoms with Crippen LogP contribution in [-0.4, -0.2) is 40.0 Å². The highest BCUT2D eigenvalue weighted by Crippen LogP contribution is 2.30. The number of nitrogens with one attached hydrogen (secondary N) is 2. The van der Waals surface area contributed by atoms with Crippen molar-refractivity contribution < 1.29 is 27.6 Å². The molecule has 0 atom stereocenters. The Morgan fingerprint density at radius 3 is 2.52 bits per heavy atom. The molecule has 12 heteroatoms. The van der Waals surface area contributed by atoms with E-state index < -0.39 is 20.9 Å². The van der Waals surface area contributed by atoms with Crippen LogP contribution in [0.3, 0.4) is 0 Å². The Hall–Kier alpha value is -3.38. The molecular weight excluding hydrogens is 404 g/mol. The maximum Gasteiger partial charge on any atom is 0.293 e. The SMILES string of the molecule is CNS(=O)(=O)c1ccc(NCc2ccc(OCC(N)=O)c(OC)c2)c([N+](=O)[O-])c1. The van der Waals surface area contributed by atoms with Crippen molar-refractivity contribution in [2.45, 2.75) is 11.4 Å². The monoisotopic (exact) mass is 424 g/mol. The molecule has 0 unspecified atom stereocenters. The molecular formula is C17H20N4O7S. The highest BCUT2D eigenvalue weighted by atomic mass is 32.2. The molecule has 1 amide bonds. The number of primary amides is 1. The van der Waals surface area contributed by atoms with Gasteiger partial charge in [0, 0.05) is 12.6 Å². The van der Waals surface area contributed by atoms with E-state index in [1.807, 2.05) is 0 Å². The molecule has 2 aromatic carbocycles. The van der Waals surface area contributed by atoms with Crippen molar-refractivity contribution in [1.82, 2.24) is 4.72 Å². The number of methoxy groups -OCH3 is 1. The molecule has 0 radical (unpaired) electrons. The summed E-state index contributed by atoms with van der Waals surface area (Å²) in [6.07, 6.45) is 0. The molecule has 0 aromatic heterocycles. The number of anilines is 1. The van der Waals surface area contributed by atoms with Crippen LogP contribution in [0.2, 0.25) is 0 Å². The average Bonchev–Trinajstić information content (AvgIpc) is 2.70. The van der Waals surface area contributed by atoms with Crippen molar-refractivity contribution in [2.75, 3.05) is 26.1 Å². The lowest BCUT2D eigenvalue weighted by Gasteiger charge is -2.13. The Bertz CT molecular complexity index is 1020. The number of nitrogens with two attached hydrogens (primary N) is 1. The number of ether oxygens (including phenoxy) is 2. The predicted octanol–water partition coefficient (Wildman–Crippen LogP) is 0.988. The van der Waals surface area contributed by atoms with E-state index in [0.717, 1.165) is 6.07 Å². The van der Waals surface area contributed by atoms with E-state index in [-0.39, 0.29) is 29.4 Å². The minimum atomic E-state index is -3.81. The first kappa shape index (κ1) is 21.9. The zero-order chi connectivity index (χ0) is 21.6. The number of nitro benzene ring substituents is 1. The number of sulfonamides is 1. The van der Waals surface area contributed by atoms with Gasteiger partial charge in [-0.2, -0.15) is 0 Å². The van der Waals surface area contributed by atoms with Gasteiger partial charge in [-0.05, 0) is 36.9 Å². The average molecular weight is 424 g/mol. The number of hydrogen-bond donors (Lipinski definition) is 3. The summed E-state index contributed by atoms with van der Waals surface area (Å²) in [5.74, 6) is 0.0482. The second-order valence-electron chi connectivity index (χ2n) is 5.74. The van der Waals surface area contributed by atoms with Crippen molar-refractivity contribution in [2.24, 2.45) is 5.73 Å². The number of nitro groups is 1. The topological polar surface area (TPSA) is 163 Å². The van der Waals surface area contributed by atoms with Crippen molar-refractivity contribution >= 4 is 27.3 Å². The fourth-order valence-electron chi connectivity index (χ4n) is 2.38. The summed E-state index contributed by atoms with van der Waals surface area (Å²) < 4.78 is 36.3. The maximum absolute atomic E-state index is 11.9. The Balaban J connectivity index is 2.22. The lowest BCUT2D eigenvalue weighted by atomic mass is 10.2. The molecule has 0 saturated carbocycles. The molecule has 4 N–H and O–H groups in total. The smallest absolute Gasteiger partial charge is 0.293 e. The zero-order valence-electron chi connectivity index (χ0n) is 15.7. The molecule has 0 saturated heterocycles. The van der Waals surface area contributed by atoms with E-state index >= 15 is 0 Å². The maximum atomic E-state index is 11.9. The van der Waals surface area contributed by atoms with Gasteiger partial charge in [0.1, 0.15) is 5.69 Å². The van der Waals surface area contributed by atoms with Crippen molar-refractivity contribution in [3.05, 3.63) is 52.1 Å². The van der Waals surface area contributed by atoms with Crippen LogP contribution in [0.15, 0.2) is 41.3 Å². The molecule has 156 valence electrons. The van der Waals surface area contributed by atoms with Gasteiger partial charge in [-0.15, -0.1) is 0 Å². The standard InChI is InChI=1S/C17H20N4O7S/c1-19-29(25,26)12-4-5-13(14(8-12)21(23)24)20-9-11-3-6-15(16(7-11)27-2)28-10-17(18)22/h3-8,19-20H,9-10H2,1-2H3,(H2,18,22). The first-order chi connectivity index (χ1) is 13.7. The van der Waals surface area contributed by atoms with Crippen LogP contribution < -0.4 is 25.2 Å². The number of nitrogens with zero attached hydrogens (tertiary/aromatic N) is 1. The minimum Gasteiger partial charge on any atom is -0.493 e. The van der Waals surface area contributed by atoms with E-state index in [2.05, 4.69) is 10.0 Å². The Morgan fingerprint density at radius 2 is 1.93 bits per heavy atom.